The first-order chi connectivity index (χ1) is 15.0. The number of amides is 2. The van der Waals surface area contributed by atoms with Gasteiger partial charge in [0.2, 0.25) is 5.91 Å². The third kappa shape index (κ3) is 3.91. The molecule has 0 saturated carbocycles. The molecule has 0 saturated heterocycles. The summed E-state index contributed by atoms with van der Waals surface area (Å²) in [7, 11) is 1.62. The molecule has 1 aliphatic rings. The quantitative estimate of drug-likeness (QED) is 0.587. The maximum absolute atomic E-state index is 13.4. The number of carbonyl (C=O) groups is 2. The molecule has 0 aliphatic carbocycles. The summed E-state index contributed by atoms with van der Waals surface area (Å²) in [5.74, 6) is 0.606. The lowest BCUT2D eigenvalue weighted by Crippen LogP contribution is -2.47. The molecule has 5 nitrogen and oxygen atoms in total. The van der Waals surface area contributed by atoms with Crippen molar-refractivity contribution < 1.29 is 14.3 Å². The van der Waals surface area contributed by atoms with Gasteiger partial charge in [-0.25, -0.2) is 0 Å². The molecule has 1 heterocycles. The van der Waals surface area contributed by atoms with Gasteiger partial charge in [-0.1, -0.05) is 36.4 Å². The molecule has 0 aromatic heterocycles. The third-order valence-corrected chi connectivity index (χ3v) is 5.78. The van der Waals surface area contributed by atoms with Gasteiger partial charge in [0, 0.05) is 35.5 Å². The number of hydrogen-bond donors (Lipinski definition) is 0. The number of carbonyl (C=O) groups excluding carboxylic acids is 2. The number of para-hydroxylation sites is 1. The summed E-state index contributed by atoms with van der Waals surface area (Å²) in [6, 6.07) is 24.4. The maximum Gasteiger partial charge on any atom is 0.258 e. The van der Waals surface area contributed by atoms with E-state index in [2.05, 4.69) is 0 Å². The van der Waals surface area contributed by atoms with Crippen LogP contribution >= 0.6 is 0 Å². The van der Waals surface area contributed by atoms with Gasteiger partial charge in [-0.05, 0) is 55.8 Å². The number of fused-ring (bicyclic) bond motifs is 1. The number of methoxy groups -OCH3 is 1. The topological polar surface area (TPSA) is 49.9 Å². The first-order valence-corrected chi connectivity index (χ1v) is 10.4. The number of anilines is 2. The van der Waals surface area contributed by atoms with Gasteiger partial charge in [0.1, 0.15) is 5.75 Å². The van der Waals surface area contributed by atoms with Crippen LogP contribution in [-0.2, 0) is 4.79 Å². The maximum atomic E-state index is 13.4. The summed E-state index contributed by atoms with van der Waals surface area (Å²) < 4.78 is 5.47. The molecule has 0 spiro atoms. The number of nitrogens with zero attached hydrogens (tertiary/aromatic N) is 2. The van der Waals surface area contributed by atoms with Crippen LogP contribution in [0.25, 0.3) is 0 Å². The van der Waals surface area contributed by atoms with Crippen LogP contribution < -0.4 is 14.5 Å². The molecule has 0 bridgehead atoms. The average molecular weight is 415 g/mol. The summed E-state index contributed by atoms with van der Waals surface area (Å²) in [5.41, 5.74) is 3.19. The van der Waals surface area contributed by atoms with Crippen molar-refractivity contribution in [3.05, 3.63) is 90.0 Å². The SMILES string of the molecule is COc1ccc2c(c1)[C@@H](N(C(C)=O)c1ccccc1)C[C@@H](C)N2C(=O)c1ccccc1. The minimum Gasteiger partial charge on any atom is -0.497 e. The molecule has 5 heteroatoms. The number of rotatable bonds is 4. The Labute approximate surface area is 182 Å². The Morgan fingerprint density at radius 1 is 0.968 bits per heavy atom. The predicted molar refractivity (Wildman–Crippen MR) is 123 cm³/mol. The fourth-order valence-corrected chi connectivity index (χ4v) is 4.38. The molecule has 3 aromatic carbocycles. The van der Waals surface area contributed by atoms with E-state index in [1.807, 2.05) is 95.6 Å². The highest BCUT2D eigenvalue weighted by atomic mass is 16.5. The largest absolute Gasteiger partial charge is 0.497 e. The van der Waals surface area contributed by atoms with Crippen molar-refractivity contribution in [3.8, 4) is 5.75 Å². The average Bonchev–Trinajstić information content (AvgIpc) is 2.79. The first-order valence-electron chi connectivity index (χ1n) is 10.4. The zero-order valence-corrected chi connectivity index (χ0v) is 18.0. The van der Waals surface area contributed by atoms with Crippen LogP contribution in [0.2, 0.25) is 0 Å². The van der Waals surface area contributed by atoms with Crippen LogP contribution in [0.3, 0.4) is 0 Å². The lowest BCUT2D eigenvalue weighted by Gasteiger charge is -2.43. The Kier molecular flexibility index (Phi) is 5.76. The molecule has 2 amide bonds. The molecule has 0 N–H and O–H groups in total. The monoisotopic (exact) mass is 414 g/mol. The van der Waals surface area contributed by atoms with Gasteiger partial charge in [-0.15, -0.1) is 0 Å². The lowest BCUT2D eigenvalue weighted by molar-refractivity contribution is -0.117. The van der Waals surface area contributed by atoms with E-state index < -0.39 is 0 Å². The molecular formula is C26H26N2O3. The van der Waals surface area contributed by atoms with E-state index in [1.165, 1.54) is 0 Å². The Balaban J connectivity index is 1.84. The van der Waals surface area contributed by atoms with Crippen molar-refractivity contribution in [1.29, 1.82) is 0 Å². The van der Waals surface area contributed by atoms with E-state index in [0.717, 1.165) is 16.9 Å². The van der Waals surface area contributed by atoms with Gasteiger partial charge in [0.15, 0.2) is 0 Å². The summed E-state index contributed by atoms with van der Waals surface area (Å²) in [4.78, 5) is 29.8. The Hall–Kier alpha value is -3.60. The van der Waals surface area contributed by atoms with Crippen LogP contribution in [0.15, 0.2) is 78.9 Å². The Morgan fingerprint density at radius 3 is 2.23 bits per heavy atom. The zero-order chi connectivity index (χ0) is 22.0. The summed E-state index contributed by atoms with van der Waals surface area (Å²) >= 11 is 0. The van der Waals surface area contributed by atoms with Gasteiger partial charge in [0.05, 0.1) is 13.2 Å². The van der Waals surface area contributed by atoms with Crippen molar-refractivity contribution in [2.75, 3.05) is 16.9 Å². The predicted octanol–water partition coefficient (Wildman–Crippen LogP) is 5.23. The number of ether oxygens (including phenoxy) is 1. The van der Waals surface area contributed by atoms with Crippen molar-refractivity contribution in [1.82, 2.24) is 0 Å². The third-order valence-electron chi connectivity index (χ3n) is 5.78. The van der Waals surface area contributed by atoms with Crippen molar-refractivity contribution in [3.63, 3.8) is 0 Å². The normalized spacial score (nSPS) is 17.6. The molecule has 158 valence electrons. The molecule has 31 heavy (non-hydrogen) atoms. The fourth-order valence-electron chi connectivity index (χ4n) is 4.38. The van der Waals surface area contributed by atoms with E-state index in [1.54, 1.807) is 14.0 Å². The minimum atomic E-state index is -0.208. The van der Waals surface area contributed by atoms with E-state index in [4.69, 9.17) is 4.74 Å². The van der Waals surface area contributed by atoms with E-state index in [9.17, 15) is 9.59 Å². The number of hydrogen-bond acceptors (Lipinski definition) is 3. The van der Waals surface area contributed by atoms with Crippen molar-refractivity contribution >= 4 is 23.2 Å². The first kappa shape index (κ1) is 20.7. The summed E-state index contributed by atoms with van der Waals surface area (Å²) in [6.45, 7) is 3.61. The Bertz CT molecular complexity index is 1080. The Morgan fingerprint density at radius 2 is 1.61 bits per heavy atom. The molecule has 3 aromatic rings. The van der Waals surface area contributed by atoms with Gasteiger partial charge in [-0.3, -0.25) is 9.59 Å². The van der Waals surface area contributed by atoms with Gasteiger partial charge in [0.25, 0.3) is 5.91 Å². The van der Waals surface area contributed by atoms with E-state index in [0.29, 0.717) is 17.7 Å². The number of benzene rings is 3. The highest BCUT2D eigenvalue weighted by Gasteiger charge is 2.38. The second-order valence-electron chi connectivity index (χ2n) is 7.79. The standard InChI is InChI=1S/C26H26N2O3/c1-18-16-25(28(19(2)29)21-12-8-5-9-13-21)23-17-22(31-3)14-15-24(23)27(18)26(30)20-10-6-4-7-11-20/h4-15,17-18,25H,16H2,1-3H3/t18-,25+/m1/s1. The highest BCUT2D eigenvalue weighted by molar-refractivity contribution is 6.07. The molecule has 4 rings (SSSR count). The smallest absolute Gasteiger partial charge is 0.258 e. The van der Waals surface area contributed by atoms with Crippen LogP contribution in [0.4, 0.5) is 11.4 Å². The minimum absolute atomic E-state index is 0.0417. The molecule has 1 aliphatic heterocycles. The van der Waals surface area contributed by atoms with E-state index in [-0.39, 0.29) is 23.9 Å². The molecular weight excluding hydrogens is 388 g/mol. The fraction of sp³-hybridized carbons (Fsp3) is 0.231. The molecule has 0 radical (unpaired) electrons. The summed E-state index contributed by atoms with van der Waals surface area (Å²) in [6.07, 6.45) is 0.618. The van der Waals surface area contributed by atoms with Crippen molar-refractivity contribution in [2.24, 2.45) is 0 Å². The second-order valence-corrected chi connectivity index (χ2v) is 7.79. The van der Waals surface area contributed by atoms with Crippen molar-refractivity contribution in [2.45, 2.75) is 32.4 Å². The van der Waals surface area contributed by atoms with Crippen LogP contribution in [0.1, 0.15) is 42.2 Å². The molecule has 0 fully saturated rings. The lowest BCUT2D eigenvalue weighted by atomic mass is 9.89. The van der Waals surface area contributed by atoms with Gasteiger partial charge in [-0.2, -0.15) is 0 Å². The van der Waals surface area contributed by atoms with Gasteiger partial charge < -0.3 is 14.5 Å². The zero-order valence-electron chi connectivity index (χ0n) is 18.0. The molecule has 0 unspecified atom stereocenters. The second kappa shape index (κ2) is 8.64. The summed E-state index contributed by atoms with van der Waals surface area (Å²) in [5, 5.41) is 0. The highest BCUT2D eigenvalue weighted by Crippen LogP contribution is 2.44. The van der Waals surface area contributed by atoms with Crippen LogP contribution in [-0.4, -0.2) is 25.0 Å². The van der Waals surface area contributed by atoms with Gasteiger partial charge >= 0.3 is 0 Å². The molecule has 2 atom stereocenters. The van der Waals surface area contributed by atoms with E-state index >= 15 is 0 Å². The van der Waals surface area contributed by atoms with Crippen LogP contribution in [0.5, 0.6) is 5.75 Å². The van der Waals surface area contributed by atoms with Crippen LogP contribution in [0, 0.1) is 0 Å².